The second-order valence-electron chi connectivity index (χ2n) is 6.44. The number of amides is 1. The van der Waals surface area contributed by atoms with E-state index in [0.29, 0.717) is 18.7 Å². The maximum atomic E-state index is 13.1. The number of rotatable bonds is 6. The van der Waals surface area contributed by atoms with Crippen LogP contribution >= 0.6 is 0 Å². The summed E-state index contributed by atoms with van der Waals surface area (Å²) in [6.45, 7) is 3.97. The zero-order valence-electron chi connectivity index (χ0n) is 15.0. The quantitative estimate of drug-likeness (QED) is 0.783. The summed E-state index contributed by atoms with van der Waals surface area (Å²) >= 11 is 0. The molecule has 2 aromatic rings. The van der Waals surface area contributed by atoms with Gasteiger partial charge in [0.05, 0.1) is 4.90 Å². The van der Waals surface area contributed by atoms with Crippen LogP contribution in [0.1, 0.15) is 35.7 Å². The molecule has 0 radical (unpaired) electrons. The van der Waals surface area contributed by atoms with Crippen LogP contribution in [-0.2, 0) is 16.6 Å². The molecule has 1 saturated heterocycles. The van der Waals surface area contributed by atoms with Crippen molar-refractivity contribution in [1.82, 2.24) is 9.21 Å². The molecule has 0 N–H and O–H groups in total. The van der Waals surface area contributed by atoms with E-state index in [1.807, 2.05) is 37.3 Å². The number of hydrogen-bond donors (Lipinski definition) is 0. The Hall–Kier alpha value is -2.18. The lowest BCUT2D eigenvalue weighted by molar-refractivity contribution is 0.0792. The zero-order chi connectivity index (χ0) is 18.6. The van der Waals surface area contributed by atoms with Gasteiger partial charge in [-0.2, -0.15) is 4.31 Å². The highest BCUT2D eigenvalue weighted by molar-refractivity contribution is 7.89. The molecule has 1 heterocycles. The number of carbonyl (C=O) groups excluding carboxylic acids is 1. The number of nitrogens with zero attached hydrogens (tertiary/aromatic N) is 2. The Kier molecular flexibility index (Phi) is 5.74. The molecule has 0 unspecified atom stereocenters. The van der Waals surface area contributed by atoms with E-state index >= 15 is 0 Å². The molecule has 0 aliphatic carbocycles. The van der Waals surface area contributed by atoms with Gasteiger partial charge in [0.2, 0.25) is 10.0 Å². The Morgan fingerprint density at radius 3 is 2.38 bits per heavy atom. The summed E-state index contributed by atoms with van der Waals surface area (Å²) in [6, 6.07) is 15.9. The molecular formula is C20H24N2O3S. The maximum Gasteiger partial charge on any atom is 0.253 e. The van der Waals surface area contributed by atoms with Crippen molar-refractivity contribution in [2.75, 3.05) is 19.6 Å². The van der Waals surface area contributed by atoms with E-state index in [1.165, 1.54) is 10.4 Å². The van der Waals surface area contributed by atoms with Crippen molar-refractivity contribution in [3.05, 3.63) is 65.7 Å². The normalized spacial score (nSPS) is 14.8. The van der Waals surface area contributed by atoms with E-state index in [-0.39, 0.29) is 10.8 Å². The number of carbonyl (C=O) groups is 1. The van der Waals surface area contributed by atoms with Crippen LogP contribution in [0.25, 0.3) is 0 Å². The molecule has 1 fully saturated rings. The number of likely N-dealkylation sites (tertiary alicyclic amines) is 1. The lowest BCUT2D eigenvalue weighted by Gasteiger charge is -2.21. The molecule has 1 aliphatic rings. The first kappa shape index (κ1) is 18.6. The molecule has 138 valence electrons. The van der Waals surface area contributed by atoms with Gasteiger partial charge in [0, 0.05) is 31.7 Å². The Labute approximate surface area is 155 Å². The first-order chi connectivity index (χ1) is 12.5. The molecule has 2 aromatic carbocycles. The predicted octanol–water partition coefficient (Wildman–Crippen LogP) is 3.13. The largest absolute Gasteiger partial charge is 0.339 e. The van der Waals surface area contributed by atoms with Crippen LogP contribution in [-0.4, -0.2) is 43.2 Å². The van der Waals surface area contributed by atoms with E-state index in [0.717, 1.165) is 31.5 Å². The van der Waals surface area contributed by atoms with Gasteiger partial charge >= 0.3 is 0 Å². The summed E-state index contributed by atoms with van der Waals surface area (Å²) in [6.07, 6.45) is 2.01. The van der Waals surface area contributed by atoms with Gasteiger partial charge in [-0.15, -0.1) is 0 Å². The van der Waals surface area contributed by atoms with Crippen molar-refractivity contribution in [3.63, 3.8) is 0 Å². The minimum atomic E-state index is -3.67. The molecule has 26 heavy (non-hydrogen) atoms. The monoisotopic (exact) mass is 372 g/mol. The molecule has 1 amide bonds. The maximum absolute atomic E-state index is 13.1. The van der Waals surface area contributed by atoms with Gasteiger partial charge in [-0.25, -0.2) is 8.42 Å². The van der Waals surface area contributed by atoms with Crippen molar-refractivity contribution in [3.8, 4) is 0 Å². The van der Waals surface area contributed by atoms with Crippen LogP contribution in [0.5, 0.6) is 0 Å². The average molecular weight is 372 g/mol. The lowest BCUT2D eigenvalue weighted by atomic mass is 10.2. The van der Waals surface area contributed by atoms with E-state index < -0.39 is 10.0 Å². The van der Waals surface area contributed by atoms with Crippen LogP contribution in [0.3, 0.4) is 0 Å². The molecule has 3 rings (SSSR count). The lowest BCUT2D eigenvalue weighted by Crippen LogP contribution is -2.31. The minimum absolute atomic E-state index is 0.0920. The molecule has 0 bridgehead atoms. The first-order valence-corrected chi connectivity index (χ1v) is 10.4. The van der Waals surface area contributed by atoms with Gasteiger partial charge in [-0.1, -0.05) is 43.3 Å². The molecule has 5 nitrogen and oxygen atoms in total. The van der Waals surface area contributed by atoms with E-state index in [2.05, 4.69) is 0 Å². The van der Waals surface area contributed by atoms with Gasteiger partial charge in [0.1, 0.15) is 0 Å². The summed E-state index contributed by atoms with van der Waals surface area (Å²) < 4.78 is 27.6. The highest BCUT2D eigenvalue weighted by Crippen LogP contribution is 2.21. The Balaban J connectivity index is 1.86. The van der Waals surface area contributed by atoms with Crippen molar-refractivity contribution in [1.29, 1.82) is 0 Å². The smallest absolute Gasteiger partial charge is 0.253 e. The molecule has 0 atom stereocenters. The van der Waals surface area contributed by atoms with E-state index in [9.17, 15) is 13.2 Å². The third-order valence-corrected chi connectivity index (χ3v) is 6.58. The Morgan fingerprint density at radius 2 is 1.73 bits per heavy atom. The van der Waals surface area contributed by atoms with Crippen molar-refractivity contribution < 1.29 is 13.2 Å². The van der Waals surface area contributed by atoms with Crippen molar-refractivity contribution in [2.24, 2.45) is 0 Å². The fourth-order valence-corrected chi connectivity index (χ4v) is 4.68. The fraction of sp³-hybridized carbons (Fsp3) is 0.350. The third-order valence-electron chi connectivity index (χ3n) is 4.67. The van der Waals surface area contributed by atoms with Crippen LogP contribution in [0, 0.1) is 0 Å². The molecule has 6 heteroatoms. The topological polar surface area (TPSA) is 57.7 Å². The Bertz CT molecular complexity index is 860. The van der Waals surface area contributed by atoms with Gasteiger partial charge in [-0.05, 0) is 36.6 Å². The highest BCUT2D eigenvalue weighted by Gasteiger charge is 2.25. The number of benzene rings is 2. The Morgan fingerprint density at radius 1 is 1.04 bits per heavy atom. The second kappa shape index (κ2) is 8.01. The van der Waals surface area contributed by atoms with Gasteiger partial charge in [0.25, 0.3) is 5.91 Å². The van der Waals surface area contributed by atoms with Gasteiger partial charge in [-0.3, -0.25) is 4.79 Å². The molecular weight excluding hydrogens is 348 g/mol. The van der Waals surface area contributed by atoms with Crippen molar-refractivity contribution >= 4 is 15.9 Å². The first-order valence-electron chi connectivity index (χ1n) is 8.96. The van der Waals surface area contributed by atoms with Gasteiger partial charge < -0.3 is 4.90 Å². The molecule has 0 saturated carbocycles. The van der Waals surface area contributed by atoms with E-state index in [1.54, 1.807) is 23.1 Å². The minimum Gasteiger partial charge on any atom is -0.339 e. The predicted molar refractivity (Wildman–Crippen MR) is 101 cm³/mol. The van der Waals surface area contributed by atoms with Crippen LogP contribution in [0.4, 0.5) is 0 Å². The summed E-state index contributed by atoms with van der Waals surface area (Å²) in [5, 5.41) is 0. The summed E-state index contributed by atoms with van der Waals surface area (Å²) in [7, 11) is -3.67. The second-order valence-corrected chi connectivity index (χ2v) is 8.38. The molecule has 1 aliphatic heterocycles. The van der Waals surface area contributed by atoms with Crippen LogP contribution < -0.4 is 0 Å². The average Bonchev–Trinajstić information content (AvgIpc) is 3.21. The summed E-state index contributed by atoms with van der Waals surface area (Å²) in [5.41, 5.74) is 1.37. The molecule has 0 aromatic heterocycles. The highest BCUT2D eigenvalue weighted by atomic mass is 32.2. The fourth-order valence-electron chi connectivity index (χ4n) is 3.20. The zero-order valence-corrected chi connectivity index (χ0v) is 15.8. The number of sulfonamides is 1. The SMILES string of the molecule is CCN(Cc1ccccc1)S(=O)(=O)c1cccc(C(=O)N2CCCC2)c1. The van der Waals surface area contributed by atoms with Gasteiger partial charge in [0.15, 0.2) is 0 Å². The summed E-state index contributed by atoms with van der Waals surface area (Å²) in [5.74, 6) is -0.0920. The number of hydrogen-bond acceptors (Lipinski definition) is 3. The van der Waals surface area contributed by atoms with Crippen LogP contribution in [0.2, 0.25) is 0 Å². The standard InChI is InChI=1S/C20H24N2O3S/c1-2-22(16-17-9-4-3-5-10-17)26(24,25)19-12-8-11-18(15-19)20(23)21-13-6-7-14-21/h3-5,8-12,15H,2,6-7,13-14,16H2,1H3. The van der Waals surface area contributed by atoms with E-state index in [4.69, 9.17) is 0 Å². The summed E-state index contributed by atoms with van der Waals surface area (Å²) in [4.78, 5) is 14.5. The molecule has 0 spiro atoms. The van der Waals surface area contributed by atoms with Crippen molar-refractivity contribution in [2.45, 2.75) is 31.2 Å². The van der Waals surface area contributed by atoms with Crippen LogP contribution in [0.15, 0.2) is 59.5 Å². The third kappa shape index (κ3) is 3.97.